The van der Waals surface area contributed by atoms with E-state index in [2.05, 4.69) is 0 Å². The quantitative estimate of drug-likeness (QED) is 0.426. The zero-order valence-corrected chi connectivity index (χ0v) is 11.8. The molecule has 0 fully saturated rings. The van der Waals surface area contributed by atoms with E-state index in [0.717, 1.165) is 5.56 Å². The first-order chi connectivity index (χ1) is 8.76. The van der Waals surface area contributed by atoms with Crippen LogP contribution in [0.5, 0.6) is 0 Å². The van der Waals surface area contributed by atoms with E-state index in [4.69, 9.17) is 13.3 Å². The minimum atomic E-state index is -2.67. The molecule has 6 heteroatoms. The summed E-state index contributed by atoms with van der Waals surface area (Å²) in [5.41, 5.74) is 2.68. The normalized spacial score (nSPS) is 11.7. The molecule has 1 aromatic rings. The predicted octanol–water partition coefficient (Wildman–Crippen LogP) is 2.30. The fraction of sp³-hybridized carbons (Fsp3) is 0.500. The molecule has 1 aromatic carbocycles. The Kier molecular flexibility index (Phi) is 7.07. The molecule has 0 aliphatic carbocycles. The van der Waals surface area contributed by atoms with Crippen molar-refractivity contribution in [2.75, 3.05) is 20.8 Å². The molecule has 0 heterocycles. The lowest BCUT2D eigenvalue weighted by atomic mass is 10.2. The summed E-state index contributed by atoms with van der Waals surface area (Å²) in [4.78, 5) is 0. The van der Waals surface area contributed by atoms with Crippen LogP contribution in [0.3, 0.4) is 0 Å². The predicted molar refractivity (Wildman–Crippen MR) is 69.5 cm³/mol. The zero-order chi connectivity index (χ0) is 13.3. The molecule has 0 atom stereocenters. The molecule has 0 radical (unpaired) electrons. The van der Waals surface area contributed by atoms with E-state index in [9.17, 15) is 4.48 Å². The Labute approximate surface area is 108 Å². The van der Waals surface area contributed by atoms with Crippen LogP contribution < -0.4 is 5.54 Å². The van der Waals surface area contributed by atoms with E-state index in [1.807, 2.05) is 30.3 Å². The molecule has 18 heavy (non-hydrogen) atoms. The number of benzene rings is 1. The number of halogens is 1. The highest BCUT2D eigenvalue weighted by atomic mass is 28.4. The maximum absolute atomic E-state index is 11.9. The Morgan fingerprint density at radius 1 is 1.17 bits per heavy atom. The lowest BCUT2D eigenvalue weighted by Crippen LogP contribution is -2.44. The summed E-state index contributed by atoms with van der Waals surface area (Å²) in [6.45, 7) is 0.716. The van der Waals surface area contributed by atoms with Gasteiger partial charge in [0.15, 0.2) is 0 Å². The Hall–Kier alpha value is -0.793. The summed E-state index contributed by atoms with van der Waals surface area (Å²) in [5, 5.41) is 0. The van der Waals surface area contributed by atoms with Crippen LogP contribution in [0, 0.1) is 0 Å². The average molecular weight is 273 g/mol. The van der Waals surface area contributed by atoms with Crippen molar-refractivity contribution >= 4 is 8.80 Å². The van der Waals surface area contributed by atoms with Gasteiger partial charge in [-0.2, -0.15) is 5.54 Å². The molecule has 1 rings (SSSR count). The van der Waals surface area contributed by atoms with Crippen LogP contribution in [0.15, 0.2) is 30.3 Å². The van der Waals surface area contributed by atoms with Crippen molar-refractivity contribution in [2.24, 2.45) is 0 Å². The second kappa shape index (κ2) is 8.33. The van der Waals surface area contributed by atoms with Gasteiger partial charge < -0.3 is 13.3 Å². The van der Waals surface area contributed by atoms with Gasteiger partial charge in [0.05, 0.1) is 6.61 Å². The first-order valence-electron chi connectivity index (χ1n) is 5.88. The third-order valence-electron chi connectivity index (χ3n) is 2.68. The SMILES string of the molecule is CO[Si](CCCNF)(OC)OCc1ccccc1. The second-order valence-corrected chi connectivity index (χ2v) is 6.82. The highest BCUT2D eigenvalue weighted by molar-refractivity contribution is 6.60. The monoisotopic (exact) mass is 273 g/mol. The standard InChI is InChI=1S/C12H20FNO3Si/c1-15-18(16-2,10-6-9-14-13)17-11-12-7-4-3-5-8-12/h3-5,7-8,14H,6,9-11H2,1-2H3. The van der Waals surface area contributed by atoms with Gasteiger partial charge in [-0.05, 0) is 12.0 Å². The molecule has 4 nitrogen and oxygen atoms in total. The van der Waals surface area contributed by atoms with Crippen molar-refractivity contribution in [1.29, 1.82) is 0 Å². The van der Waals surface area contributed by atoms with Crippen LogP contribution in [-0.4, -0.2) is 29.6 Å². The number of hydrogen-bond acceptors (Lipinski definition) is 4. The molecule has 0 bridgehead atoms. The fourth-order valence-electron chi connectivity index (χ4n) is 1.62. The van der Waals surface area contributed by atoms with Crippen molar-refractivity contribution in [3.05, 3.63) is 35.9 Å². The Balaban J connectivity index is 2.50. The summed E-state index contributed by atoms with van der Waals surface area (Å²) in [5.74, 6) is 0. The van der Waals surface area contributed by atoms with E-state index < -0.39 is 8.80 Å². The van der Waals surface area contributed by atoms with Gasteiger partial charge in [0.1, 0.15) is 0 Å². The van der Waals surface area contributed by atoms with Gasteiger partial charge in [0.2, 0.25) is 0 Å². The largest absolute Gasteiger partial charge is 0.500 e. The van der Waals surface area contributed by atoms with Crippen LogP contribution >= 0.6 is 0 Å². The molecule has 0 aromatic heterocycles. The van der Waals surface area contributed by atoms with Gasteiger partial charge in [-0.3, -0.25) is 0 Å². The van der Waals surface area contributed by atoms with Gasteiger partial charge in [-0.15, -0.1) is 4.48 Å². The first kappa shape index (κ1) is 15.3. The maximum Gasteiger partial charge on any atom is 0.500 e. The van der Waals surface area contributed by atoms with Gasteiger partial charge in [-0.1, -0.05) is 30.3 Å². The van der Waals surface area contributed by atoms with Crippen molar-refractivity contribution in [3.63, 3.8) is 0 Å². The molecule has 0 aliphatic heterocycles. The van der Waals surface area contributed by atoms with Crippen molar-refractivity contribution in [1.82, 2.24) is 5.54 Å². The molecular formula is C12H20FNO3Si. The Morgan fingerprint density at radius 3 is 2.39 bits per heavy atom. The van der Waals surface area contributed by atoms with Crippen LogP contribution in [0.4, 0.5) is 4.48 Å². The molecule has 1 N–H and O–H groups in total. The molecule has 102 valence electrons. The number of rotatable bonds is 9. The van der Waals surface area contributed by atoms with E-state index in [0.29, 0.717) is 19.1 Å². The smallest absolute Gasteiger partial charge is 0.377 e. The number of nitrogens with one attached hydrogen (secondary N) is 1. The van der Waals surface area contributed by atoms with Gasteiger partial charge in [0.25, 0.3) is 0 Å². The average Bonchev–Trinajstić information content (AvgIpc) is 2.44. The molecule has 0 saturated heterocycles. The summed E-state index contributed by atoms with van der Waals surface area (Å²) >= 11 is 0. The Bertz CT molecular complexity index is 322. The molecule has 0 amide bonds. The van der Waals surface area contributed by atoms with Crippen LogP contribution in [0.2, 0.25) is 6.04 Å². The molecular weight excluding hydrogens is 253 g/mol. The van der Waals surface area contributed by atoms with Gasteiger partial charge >= 0.3 is 8.80 Å². The molecule has 0 aliphatic rings. The zero-order valence-electron chi connectivity index (χ0n) is 10.8. The molecule has 0 saturated carbocycles. The minimum absolute atomic E-state index is 0.274. The molecule has 0 unspecified atom stereocenters. The van der Waals surface area contributed by atoms with Crippen molar-refractivity contribution < 1.29 is 17.8 Å². The summed E-state index contributed by atoms with van der Waals surface area (Å²) < 4.78 is 28.5. The van der Waals surface area contributed by atoms with E-state index >= 15 is 0 Å². The lowest BCUT2D eigenvalue weighted by molar-refractivity contribution is 0.0904. The van der Waals surface area contributed by atoms with Crippen LogP contribution in [-0.2, 0) is 19.9 Å². The maximum atomic E-state index is 11.9. The summed E-state index contributed by atoms with van der Waals surface area (Å²) in [7, 11) is 0.476. The highest BCUT2D eigenvalue weighted by Crippen LogP contribution is 2.18. The summed E-state index contributed by atoms with van der Waals surface area (Å²) in [6, 6.07) is 10.4. The third-order valence-corrected chi connectivity index (χ3v) is 5.47. The van der Waals surface area contributed by atoms with Crippen molar-refractivity contribution in [3.8, 4) is 0 Å². The summed E-state index contributed by atoms with van der Waals surface area (Å²) in [6.07, 6.45) is 0.610. The first-order valence-corrected chi connectivity index (χ1v) is 7.81. The highest BCUT2D eigenvalue weighted by Gasteiger charge is 2.38. The minimum Gasteiger partial charge on any atom is -0.377 e. The third kappa shape index (κ3) is 4.83. The van der Waals surface area contributed by atoms with E-state index in [-0.39, 0.29) is 6.54 Å². The van der Waals surface area contributed by atoms with Crippen LogP contribution in [0.1, 0.15) is 12.0 Å². The van der Waals surface area contributed by atoms with E-state index in [1.165, 1.54) is 0 Å². The van der Waals surface area contributed by atoms with Crippen LogP contribution in [0.25, 0.3) is 0 Å². The fourth-order valence-corrected chi connectivity index (χ4v) is 3.57. The van der Waals surface area contributed by atoms with Gasteiger partial charge in [-0.25, -0.2) is 0 Å². The molecule has 0 spiro atoms. The topological polar surface area (TPSA) is 39.7 Å². The van der Waals surface area contributed by atoms with Crippen molar-refractivity contribution in [2.45, 2.75) is 19.1 Å². The van der Waals surface area contributed by atoms with E-state index in [1.54, 1.807) is 19.8 Å². The second-order valence-electron chi connectivity index (χ2n) is 3.85. The lowest BCUT2D eigenvalue weighted by Gasteiger charge is -2.26. The Morgan fingerprint density at radius 2 is 1.83 bits per heavy atom. The number of hydrogen-bond donors (Lipinski definition) is 1. The van der Waals surface area contributed by atoms with Gasteiger partial charge in [0, 0.05) is 26.8 Å².